The second kappa shape index (κ2) is 6.13. The average molecular weight is 380 g/mol. The molecule has 6 rings (SSSR count). The van der Waals surface area contributed by atoms with Crippen molar-refractivity contribution in [3.63, 3.8) is 0 Å². The van der Waals surface area contributed by atoms with Crippen LogP contribution in [0.5, 0.6) is 5.75 Å². The van der Waals surface area contributed by atoms with Crippen molar-refractivity contribution in [2.75, 3.05) is 36.1 Å². The molecule has 1 amide bonds. The zero-order valence-corrected chi connectivity index (χ0v) is 15.8. The first-order valence-corrected chi connectivity index (χ1v) is 9.89. The molecule has 0 saturated carbocycles. The van der Waals surface area contributed by atoms with Gasteiger partial charge in [0.15, 0.2) is 0 Å². The fourth-order valence-electron chi connectivity index (χ4n) is 4.09. The Morgan fingerprint density at radius 1 is 1.33 bits per heavy atom. The van der Waals surface area contributed by atoms with E-state index in [4.69, 9.17) is 15.5 Å². The van der Waals surface area contributed by atoms with Gasteiger partial charge in [0.2, 0.25) is 0 Å². The third-order valence-corrected chi connectivity index (χ3v) is 6.63. The fourth-order valence-corrected chi connectivity index (χ4v) is 5.07. The molecule has 1 fully saturated rings. The monoisotopic (exact) mass is 380 g/mol. The number of rotatable bonds is 3. The lowest BCUT2D eigenvalue weighted by Crippen LogP contribution is -2.39. The summed E-state index contributed by atoms with van der Waals surface area (Å²) < 4.78 is 5.31. The maximum Gasteiger partial charge on any atom is 0.268 e. The standard InChI is InChI=1S/C20H20N4O2S/c1-26-15-5-3-2-4-13(15)22-19(25)18-16(21)12-10-14-17(23-20(12)27-18)11-6-8-24(14)9-7-11/h2-5,10-11H,6-9,21H2,1H3,(H,22,25). The van der Waals surface area contributed by atoms with Crippen LogP contribution in [0.3, 0.4) is 0 Å². The molecule has 0 atom stereocenters. The van der Waals surface area contributed by atoms with Gasteiger partial charge in [0, 0.05) is 24.4 Å². The van der Waals surface area contributed by atoms with Crippen molar-refractivity contribution in [1.29, 1.82) is 0 Å². The quantitative estimate of drug-likeness (QED) is 0.722. The number of hydrogen-bond donors (Lipinski definition) is 2. The molecule has 3 aromatic rings. The van der Waals surface area contributed by atoms with Crippen LogP contribution in [0, 0.1) is 0 Å². The van der Waals surface area contributed by atoms with Gasteiger partial charge in [0.05, 0.1) is 29.9 Å². The Morgan fingerprint density at radius 2 is 2.11 bits per heavy atom. The molecule has 2 aromatic heterocycles. The number of piperidine rings is 1. The number of thiophene rings is 1. The van der Waals surface area contributed by atoms with Crippen LogP contribution in [0.4, 0.5) is 17.1 Å². The SMILES string of the molecule is COc1ccccc1NC(=O)c1sc2nc3c(cc2c1N)N1CCC3CC1. The molecule has 3 aliphatic heterocycles. The highest BCUT2D eigenvalue weighted by Crippen LogP contribution is 2.45. The number of ether oxygens (including phenoxy) is 1. The second-order valence-corrected chi connectivity index (χ2v) is 8.01. The van der Waals surface area contributed by atoms with E-state index in [2.05, 4.69) is 16.3 Å². The molecule has 5 heterocycles. The number of hydrogen-bond acceptors (Lipinski definition) is 6. The number of nitrogens with one attached hydrogen (secondary N) is 1. The summed E-state index contributed by atoms with van der Waals surface area (Å²) in [5, 5.41) is 3.78. The number of nitrogens with zero attached hydrogens (tertiary/aromatic N) is 2. The zero-order chi connectivity index (χ0) is 18.5. The van der Waals surface area contributed by atoms with Gasteiger partial charge < -0.3 is 20.7 Å². The number of para-hydroxylation sites is 2. The molecular weight excluding hydrogens is 360 g/mol. The van der Waals surface area contributed by atoms with E-state index in [0.29, 0.717) is 27.9 Å². The van der Waals surface area contributed by atoms with Crippen molar-refractivity contribution < 1.29 is 9.53 Å². The van der Waals surface area contributed by atoms with Gasteiger partial charge in [-0.05, 0) is 31.0 Å². The lowest BCUT2D eigenvalue weighted by molar-refractivity contribution is 0.103. The first kappa shape index (κ1) is 16.4. The minimum absolute atomic E-state index is 0.235. The first-order chi connectivity index (χ1) is 13.2. The van der Waals surface area contributed by atoms with E-state index >= 15 is 0 Å². The minimum Gasteiger partial charge on any atom is -0.495 e. The van der Waals surface area contributed by atoms with Crippen LogP contribution < -0.4 is 20.7 Å². The number of methoxy groups -OCH3 is 1. The number of aromatic nitrogens is 1. The normalized spacial score (nSPS) is 15.8. The molecule has 7 heteroatoms. The van der Waals surface area contributed by atoms with E-state index in [-0.39, 0.29) is 5.91 Å². The van der Waals surface area contributed by atoms with Crippen LogP contribution in [0.2, 0.25) is 0 Å². The number of carbonyl (C=O) groups excluding carboxylic acids is 1. The van der Waals surface area contributed by atoms with Crippen molar-refractivity contribution in [2.45, 2.75) is 18.8 Å². The summed E-state index contributed by atoms with van der Waals surface area (Å²) in [6.45, 7) is 2.16. The van der Waals surface area contributed by atoms with E-state index in [1.54, 1.807) is 7.11 Å². The smallest absolute Gasteiger partial charge is 0.268 e. The van der Waals surface area contributed by atoms with Gasteiger partial charge in [-0.1, -0.05) is 12.1 Å². The summed E-state index contributed by atoms with van der Waals surface area (Å²) in [4.78, 5) is 21.5. The summed E-state index contributed by atoms with van der Waals surface area (Å²) in [7, 11) is 1.58. The maximum absolute atomic E-state index is 12.9. The van der Waals surface area contributed by atoms with Crippen molar-refractivity contribution in [3.05, 3.63) is 40.9 Å². The molecular formula is C20H20N4O2S. The van der Waals surface area contributed by atoms with Gasteiger partial charge in [0.1, 0.15) is 15.5 Å². The highest BCUT2D eigenvalue weighted by atomic mass is 32.1. The number of amides is 1. The number of benzene rings is 1. The van der Waals surface area contributed by atoms with E-state index < -0.39 is 0 Å². The predicted octanol–water partition coefficient (Wildman–Crippen LogP) is 3.84. The molecule has 1 aromatic carbocycles. The molecule has 0 aliphatic carbocycles. The second-order valence-electron chi connectivity index (χ2n) is 7.01. The van der Waals surface area contributed by atoms with Crippen molar-refractivity contribution >= 4 is 44.5 Å². The molecule has 1 saturated heterocycles. The van der Waals surface area contributed by atoms with Crippen molar-refractivity contribution in [2.24, 2.45) is 0 Å². The Kier molecular flexibility index (Phi) is 3.72. The molecule has 0 unspecified atom stereocenters. The number of pyridine rings is 1. The van der Waals surface area contributed by atoms with Crippen molar-refractivity contribution in [1.82, 2.24) is 4.98 Å². The third kappa shape index (κ3) is 2.53. The van der Waals surface area contributed by atoms with Crippen molar-refractivity contribution in [3.8, 4) is 5.75 Å². The Morgan fingerprint density at radius 3 is 2.89 bits per heavy atom. The summed E-state index contributed by atoms with van der Waals surface area (Å²) in [6.07, 6.45) is 2.32. The number of nitrogen functional groups attached to an aromatic ring is 1. The Balaban J connectivity index is 1.54. The zero-order valence-electron chi connectivity index (χ0n) is 15.0. The third-order valence-electron chi connectivity index (χ3n) is 5.51. The largest absolute Gasteiger partial charge is 0.495 e. The summed E-state index contributed by atoms with van der Waals surface area (Å²) in [5.74, 6) is 0.910. The van der Waals surface area contributed by atoms with Crippen LogP contribution in [-0.2, 0) is 0 Å². The van der Waals surface area contributed by atoms with Gasteiger partial charge >= 0.3 is 0 Å². The lowest BCUT2D eigenvalue weighted by atomic mass is 9.86. The van der Waals surface area contributed by atoms with E-state index in [9.17, 15) is 4.79 Å². The summed E-state index contributed by atoms with van der Waals surface area (Å²) in [5.41, 5.74) is 9.83. The van der Waals surface area contributed by atoms with Gasteiger partial charge in [0.25, 0.3) is 5.91 Å². The van der Waals surface area contributed by atoms with Gasteiger partial charge in [-0.25, -0.2) is 4.98 Å². The van der Waals surface area contributed by atoms with Gasteiger partial charge in [-0.3, -0.25) is 4.79 Å². The average Bonchev–Trinajstić information content (AvgIpc) is 3.04. The van der Waals surface area contributed by atoms with Crippen LogP contribution >= 0.6 is 11.3 Å². The number of fused-ring (bicyclic) bond motifs is 3. The summed E-state index contributed by atoms with van der Waals surface area (Å²) >= 11 is 1.36. The molecule has 3 aliphatic rings. The minimum atomic E-state index is -0.235. The van der Waals surface area contributed by atoms with Gasteiger partial charge in [-0.2, -0.15) is 0 Å². The molecule has 2 bridgehead atoms. The molecule has 0 radical (unpaired) electrons. The van der Waals surface area contributed by atoms with Gasteiger partial charge in [-0.15, -0.1) is 11.3 Å². The first-order valence-electron chi connectivity index (χ1n) is 9.08. The Hall–Kier alpha value is -2.80. The lowest BCUT2D eigenvalue weighted by Gasteiger charge is -2.41. The maximum atomic E-state index is 12.9. The Bertz CT molecular complexity index is 1050. The highest BCUT2D eigenvalue weighted by Gasteiger charge is 2.33. The van der Waals surface area contributed by atoms with E-state index in [1.807, 2.05) is 24.3 Å². The molecule has 27 heavy (non-hydrogen) atoms. The topological polar surface area (TPSA) is 80.5 Å². The predicted molar refractivity (Wildman–Crippen MR) is 109 cm³/mol. The summed E-state index contributed by atoms with van der Waals surface area (Å²) in [6, 6.07) is 9.45. The fraction of sp³-hybridized carbons (Fsp3) is 0.300. The highest BCUT2D eigenvalue weighted by molar-refractivity contribution is 7.21. The molecule has 138 valence electrons. The molecule has 0 spiro atoms. The number of nitrogens with two attached hydrogens (primary N) is 1. The van der Waals surface area contributed by atoms with E-state index in [1.165, 1.54) is 17.0 Å². The van der Waals surface area contributed by atoms with Crippen LogP contribution in [0.25, 0.3) is 10.2 Å². The Labute approximate surface area is 160 Å². The molecule has 6 nitrogen and oxygen atoms in total. The van der Waals surface area contributed by atoms with Crippen LogP contribution in [-0.4, -0.2) is 31.1 Å². The molecule has 3 N–H and O–H groups in total. The van der Waals surface area contributed by atoms with E-state index in [0.717, 1.165) is 41.8 Å². The van der Waals surface area contributed by atoms with Crippen LogP contribution in [0.15, 0.2) is 30.3 Å². The number of anilines is 3. The van der Waals surface area contributed by atoms with Crippen LogP contribution in [0.1, 0.15) is 34.1 Å². The number of carbonyl (C=O) groups is 1.